The largest absolute Gasteiger partial charge is 0.325 e. The van der Waals surface area contributed by atoms with E-state index in [2.05, 4.69) is 20.3 Å². The Bertz CT molecular complexity index is 455. The zero-order valence-electron chi connectivity index (χ0n) is 6.55. The molecule has 0 bridgehead atoms. The van der Waals surface area contributed by atoms with Crippen LogP contribution in [0.5, 0.6) is 0 Å². The van der Waals surface area contributed by atoms with E-state index in [1.54, 1.807) is 0 Å². The molecule has 5 heteroatoms. The van der Waals surface area contributed by atoms with Crippen molar-refractivity contribution in [2.75, 3.05) is 0 Å². The highest BCUT2D eigenvalue weighted by molar-refractivity contribution is 9.10. The van der Waals surface area contributed by atoms with Crippen LogP contribution in [0, 0.1) is 5.82 Å². The van der Waals surface area contributed by atoms with E-state index in [1.165, 1.54) is 17.6 Å². The number of halogens is 2. The zero-order valence-corrected chi connectivity index (χ0v) is 8.95. The van der Waals surface area contributed by atoms with E-state index >= 15 is 0 Å². The van der Waals surface area contributed by atoms with E-state index < -0.39 is 0 Å². The molecule has 0 fully saturated rings. The number of fused-ring (bicyclic) bond motifs is 1. The lowest BCUT2D eigenvalue weighted by Gasteiger charge is -1.95. The summed E-state index contributed by atoms with van der Waals surface area (Å²) >= 11 is 4.49. The van der Waals surface area contributed by atoms with Gasteiger partial charge in [0.25, 0.3) is 0 Å². The third-order valence-electron chi connectivity index (χ3n) is 1.75. The van der Waals surface area contributed by atoms with E-state index in [4.69, 9.17) is 5.73 Å². The van der Waals surface area contributed by atoms with Gasteiger partial charge in [0.15, 0.2) is 0 Å². The van der Waals surface area contributed by atoms with Gasteiger partial charge in [-0.05, 0) is 23.7 Å². The summed E-state index contributed by atoms with van der Waals surface area (Å²) in [7, 11) is 0. The second-order valence-electron chi connectivity index (χ2n) is 2.59. The molecule has 68 valence electrons. The molecule has 2 rings (SSSR count). The summed E-state index contributed by atoms with van der Waals surface area (Å²) in [4.78, 5) is 0. The fraction of sp³-hybridized carbons (Fsp3) is 0.125. The van der Waals surface area contributed by atoms with Gasteiger partial charge in [0.05, 0.1) is 15.8 Å². The van der Waals surface area contributed by atoms with Gasteiger partial charge in [-0.3, -0.25) is 0 Å². The fourth-order valence-corrected chi connectivity index (χ4v) is 2.63. The number of nitrogens with zero attached hydrogens (tertiary/aromatic N) is 1. The standard InChI is InChI=1S/C8H6BrFN2S/c9-4-1-5(10)8-6(3-11)12-13-7(8)2-4/h1-2H,3,11H2. The minimum Gasteiger partial charge on any atom is -0.325 e. The maximum absolute atomic E-state index is 13.4. The van der Waals surface area contributed by atoms with Crippen LogP contribution in [0.3, 0.4) is 0 Å². The highest BCUT2D eigenvalue weighted by Gasteiger charge is 2.10. The SMILES string of the molecule is NCc1nsc2cc(Br)cc(F)c12. The summed E-state index contributed by atoms with van der Waals surface area (Å²) in [6, 6.07) is 3.27. The first kappa shape index (κ1) is 9.05. The first-order chi connectivity index (χ1) is 6.22. The second-order valence-corrected chi connectivity index (χ2v) is 4.31. The van der Waals surface area contributed by atoms with Crippen LogP contribution in [0.2, 0.25) is 0 Å². The minimum atomic E-state index is -0.265. The van der Waals surface area contributed by atoms with Crippen molar-refractivity contribution < 1.29 is 4.39 Å². The smallest absolute Gasteiger partial charge is 0.134 e. The van der Waals surface area contributed by atoms with Crippen LogP contribution in [0.4, 0.5) is 4.39 Å². The molecule has 2 N–H and O–H groups in total. The summed E-state index contributed by atoms with van der Waals surface area (Å²) in [5.74, 6) is -0.265. The van der Waals surface area contributed by atoms with Gasteiger partial charge in [-0.25, -0.2) is 4.39 Å². The topological polar surface area (TPSA) is 38.9 Å². The van der Waals surface area contributed by atoms with Crippen LogP contribution in [0.1, 0.15) is 5.69 Å². The lowest BCUT2D eigenvalue weighted by Crippen LogP contribution is -1.97. The Balaban J connectivity index is 2.82. The summed E-state index contributed by atoms with van der Waals surface area (Å²) < 4.78 is 19.0. The van der Waals surface area contributed by atoms with E-state index in [9.17, 15) is 4.39 Å². The number of nitrogens with two attached hydrogens (primary N) is 1. The van der Waals surface area contributed by atoms with Gasteiger partial charge in [-0.1, -0.05) is 15.9 Å². The molecule has 0 aliphatic rings. The zero-order chi connectivity index (χ0) is 9.42. The molecular weight excluding hydrogens is 255 g/mol. The second kappa shape index (κ2) is 3.32. The number of aromatic nitrogens is 1. The van der Waals surface area contributed by atoms with Gasteiger partial charge in [0.1, 0.15) is 5.82 Å². The first-order valence-corrected chi connectivity index (χ1v) is 5.22. The Kier molecular flexibility index (Phi) is 2.31. The van der Waals surface area contributed by atoms with Crippen molar-refractivity contribution in [3.8, 4) is 0 Å². The average Bonchev–Trinajstić information content (AvgIpc) is 2.47. The Morgan fingerprint density at radius 2 is 2.31 bits per heavy atom. The van der Waals surface area contributed by atoms with E-state index in [0.717, 1.165) is 9.17 Å². The van der Waals surface area contributed by atoms with Crippen LogP contribution in [-0.2, 0) is 6.54 Å². The molecule has 0 aliphatic carbocycles. The molecule has 0 spiro atoms. The minimum absolute atomic E-state index is 0.265. The van der Waals surface area contributed by atoms with Gasteiger partial charge >= 0.3 is 0 Å². The normalized spacial score (nSPS) is 11.0. The van der Waals surface area contributed by atoms with Crippen LogP contribution >= 0.6 is 27.5 Å². The molecule has 1 aromatic heterocycles. The lowest BCUT2D eigenvalue weighted by atomic mass is 10.2. The predicted octanol–water partition coefficient (Wildman–Crippen LogP) is 2.66. The Hall–Kier alpha value is -0.520. The molecular formula is C8H6BrFN2S. The number of hydrogen-bond acceptors (Lipinski definition) is 3. The molecule has 2 aromatic rings. The molecule has 2 nitrogen and oxygen atoms in total. The van der Waals surface area contributed by atoms with E-state index in [1.807, 2.05) is 6.07 Å². The molecule has 0 aliphatic heterocycles. The fourth-order valence-electron chi connectivity index (χ4n) is 1.19. The Morgan fingerprint density at radius 1 is 1.54 bits per heavy atom. The molecule has 0 atom stereocenters. The van der Waals surface area contributed by atoms with Gasteiger partial charge in [0.2, 0.25) is 0 Å². The highest BCUT2D eigenvalue weighted by atomic mass is 79.9. The number of hydrogen-bond donors (Lipinski definition) is 1. The summed E-state index contributed by atoms with van der Waals surface area (Å²) in [6.07, 6.45) is 0. The maximum atomic E-state index is 13.4. The summed E-state index contributed by atoms with van der Waals surface area (Å²) in [5, 5.41) is 0.552. The van der Waals surface area contributed by atoms with Crippen molar-refractivity contribution in [2.45, 2.75) is 6.54 Å². The lowest BCUT2D eigenvalue weighted by molar-refractivity contribution is 0.638. The molecule has 13 heavy (non-hydrogen) atoms. The van der Waals surface area contributed by atoms with Crippen molar-refractivity contribution in [3.63, 3.8) is 0 Å². The van der Waals surface area contributed by atoms with Gasteiger partial charge in [-0.15, -0.1) is 0 Å². The summed E-state index contributed by atoms with van der Waals surface area (Å²) in [6.45, 7) is 0.276. The molecule has 0 radical (unpaired) electrons. The monoisotopic (exact) mass is 260 g/mol. The maximum Gasteiger partial charge on any atom is 0.134 e. The van der Waals surface area contributed by atoms with Crippen molar-refractivity contribution in [1.29, 1.82) is 0 Å². The predicted molar refractivity (Wildman–Crippen MR) is 55.2 cm³/mol. The summed E-state index contributed by atoms with van der Waals surface area (Å²) in [5.41, 5.74) is 6.06. The Labute approximate surface area is 86.9 Å². The van der Waals surface area contributed by atoms with Crippen molar-refractivity contribution >= 4 is 37.5 Å². The molecule has 1 aromatic carbocycles. The van der Waals surface area contributed by atoms with Gasteiger partial charge in [-0.2, -0.15) is 4.37 Å². The Morgan fingerprint density at radius 3 is 3.00 bits per heavy atom. The van der Waals surface area contributed by atoms with Crippen LogP contribution in [-0.4, -0.2) is 4.37 Å². The molecule has 0 amide bonds. The first-order valence-electron chi connectivity index (χ1n) is 3.65. The average molecular weight is 261 g/mol. The molecule has 0 saturated carbocycles. The molecule has 0 saturated heterocycles. The quantitative estimate of drug-likeness (QED) is 0.857. The van der Waals surface area contributed by atoms with Gasteiger partial charge in [0, 0.05) is 11.0 Å². The van der Waals surface area contributed by atoms with Crippen molar-refractivity contribution in [2.24, 2.45) is 5.73 Å². The highest BCUT2D eigenvalue weighted by Crippen LogP contribution is 2.28. The van der Waals surface area contributed by atoms with E-state index in [-0.39, 0.29) is 12.4 Å². The molecule has 1 heterocycles. The molecule has 0 unspecified atom stereocenters. The van der Waals surface area contributed by atoms with Crippen molar-refractivity contribution in [1.82, 2.24) is 4.37 Å². The van der Waals surface area contributed by atoms with E-state index in [0.29, 0.717) is 11.1 Å². The van der Waals surface area contributed by atoms with Crippen LogP contribution < -0.4 is 5.73 Å². The number of rotatable bonds is 1. The van der Waals surface area contributed by atoms with Crippen LogP contribution in [0.25, 0.3) is 10.1 Å². The number of benzene rings is 1. The third kappa shape index (κ3) is 1.47. The van der Waals surface area contributed by atoms with Crippen LogP contribution in [0.15, 0.2) is 16.6 Å². The third-order valence-corrected chi connectivity index (χ3v) is 3.04. The van der Waals surface area contributed by atoms with Gasteiger partial charge < -0.3 is 5.73 Å². The van der Waals surface area contributed by atoms with Crippen molar-refractivity contribution in [3.05, 3.63) is 28.1 Å².